The fourth-order valence-electron chi connectivity index (χ4n) is 3.51. The highest BCUT2D eigenvalue weighted by molar-refractivity contribution is 5.16. The highest BCUT2D eigenvalue weighted by atomic mass is 16.3. The summed E-state index contributed by atoms with van der Waals surface area (Å²) < 4.78 is 4.26. The lowest BCUT2D eigenvalue weighted by Crippen LogP contribution is -2.25. The number of hydrogen-bond acceptors (Lipinski definition) is 4. The van der Waals surface area contributed by atoms with Crippen LogP contribution in [0.5, 0.6) is 0 Å². The molecule has 0 bridgehead atoms. The predicted octanol–water partition coefficient (Wildman–Crippen LogP) is 2.59. The van der Waals surface area contributed by atoms with E-state index in [0.717, 1.165) is 50.7 Å². The van der Waals surface area contributed by atoms with Gasteiger partial charge >= 0.3 is 0 Å². The number of imidazole rings is 1. The molecule has 6 heteroatoms. The molecule has 0 saturated carbocycles. The smallest absolute Gasteiger partial charge is 0.123 e. The van der Waals surface area contributed by atoms with Gasteiger partial charge < -0.3 is 9.67 Å². The van der Waals surface area contributed by atoms with Crippen LogP contribution in [0.1, 0.15) is 42.2 Å². The molecular formula is C20H25N5O. The molecule has 1 atom stereocenters. The molecule has 2 aromatic heterocycles. The number of aryl methyl sites for hydroxylation is 1. The third-order valence-corrected chi connectivity index (χ3v) is 4.90. The Morgan fingerprint density at radius 1 is 1.15 bits per heavy atom. The molecule has 0 unspecified atom stereocenters. The van der Waals surface area contributed by atoms with Crippen molar-refractivity contribution in [1.82, 2.24) is 24.2 Å². The molecule has 0 saturated heterocycles. The molecule has 1 aliphatic heterocycles. The lowest BCUT2D eigenvalue weighted by molar-refractivity contribution is 0.193. The molecular weight excluding hydrogens is 326 g/mol. The van der Waals surface area contributed by atoms with Gasteiger partial charge in [-0.05, 0) is 25.0 Å². The summed E-state index contributed by atoms with van der Waals surface area (Å²) in [6.07, 6.45) is 4.46. The van der Waals surface area contributed by atoms with E-state index in [1.165, 1.54) is 11.3 Å². The second-order valence-corrected chi connectivity index (χ2v) is 6.98. The molecule has 6 nitrogen and oxygen atoms in total. The minimum absolute atomic E-state index is 0.521. The first kappa shape index (κ1) is 17.0. The van der Waals surface area contributed by atoms with E-state index in [4.69, 9.17) is 0 Å². The maximum absolute atomic E-state index is 9.79. The van der Waals surface area contributed by atoms with Crippen molar-refractivity contribution in [2.75, 3.05) is 6.54 Å². The van der Waals surface area contributed by atoms with Crippen LogP contribution >= 0.6 is 0 Å². The summed E-state index contributed by atoms with van der Waals surface area (Å²) >= 11 is 0. The summed E-state index contributed by atoms with van der Waals surface area (Å²) in [5, 5.41) is 14.3. The molecule has 26 heavy (non-hydrogen) atoms. The van der Waals surface area contributed by atoms with Gasteiger partial charge in [-0.2, -0.15) is 5.10 Å². The van der Waals surface area contributed by atoms with Crippen molar-refractivity contribution >= 4 is 0 Å². The lowest BCUT2D eigenvalue weighted by atomic mass is 10.2. The quantitative estimate of drug-likeness (QED) is 0.768. The average Bonchev–Trinajstić information content (AvgIpc) is 3.19. The van der Waals surface area contributed by atoms with E-state index in [2.05, 4.69) is 50.0 Å². The number of aromatic nitrogens is 4. The van der Waals surface area contributed by atoms with Crippen molar-refractivity contribution in [3.05, 3.63) is 71.6 Å². The van der Waals surface area contributed by atoms with E-state index in [9.17, 15) is 5.11 Å². The number of fused-ring (bicyclic) bond motifs is 1. The zero-order valence-electron chi connectivity index (χ0n) is 15.1. The first-order valence-electron chi connectivity index (χ1n) is 9.20. The average molecular weight is 351 g/mol. The normalized spacial score (nSPS) is 16.2. The van der Waals surface area contributed by atoms with Crippen LogP contribution in [-0.2, 0) is 26.2 Å². The summed E-state index contributed by atoms with van der Waals surface area (Å²) in [5.74, 6) is 1.08. The molecule has 1 N–H and O–H groups in total. The Labute approximate surface area is 153 Å². The van der Waals surface area contributed by atoms with Crippen molar-refractivity contribution in [1.29, 1.82) is 0 Å². The van der Waals surface area contributed by atoms with E-state index in [-0.39, 0.29) is 0 Å². The van der Waals surface area contributed by atoms with Gasteiger partial charge in [-0.1, -0.05) is 30.3 Å². The third kappa shape index (κ3) is 3.71. The molecule has 3 aromatic rings. The van der Waals surface area contributed by atoms with E-state index < -0.39 is 6.10 Å². The SMILES string of the molecule is C[C@@H](O)c1cc2n(n1)CCCN(Cc1nccn1Cc1ccccc1)C2. The van der Waals surface area contributed by atoms with Gasteiger partial charge in [0.1, 0.15) is 5.82 Å². The van der Waals surface area contributed by atoms with Gasteiger partial charge in [-0.25, -0.2) is 4.98 Å². The monoisotopic (exact) mass is 351 g/mol. The number of rotatable bonds is 5. The van der Waals surface area contributed by atoms with Gasteiger partial charge in [-0.15, -0.1) is 0 Å². The van der Waals surface area contributed by atoms with Crippen LogP contribution in [0, 0.1) is 0 Å². The summed E-state index contributed by atoms with van der Waals surface area (Å²) in [7, 11) is 0. The van der Waals surface area contributed by atoms with Gasteiger partial charge in [0.25, 0.3) is 0 Å². The molecule has 0 spiro atoms. The number of benzene rings is 1. The fraction of sp³-hybridized carbons (Fsp3) is 0.400. The molecule has 0 aliphatic carbocycles. The Bertz CT molecular complexity index is 852. The Hall–Kier alpha value is -2.44. The van der Waals surface area contributed by atoms with Crippen LogP contribution in [0.15, 0.2) is 48.8 Å². The maximum Gasteiger partial charge on any atom is 0.123 e. The summed E-state index contributed by atoms with van der Waals surface area (Å²) in [6.45, 7) is 6.17. The first-order chi connectivity index (χ1) is 12.7. The Morgan fingerprint density at radius 3 is 2.81 bits per heavy atom. The molecule has 136 valence electrons. The van der Waals surface area contributed by atoms with Crippen molar-refractivity contribution in [2.45, 2.75) is 45.6 Å². The van der Waals surface area contributed by atoms with Crippen LogP contribution in [0.25, 0.3) is 0 Å². The minimum Gasteiger partial charge on any atom is -0.387 e. The molecule has 1 aromatic carbocycles. The van der Waals surface area contributed by atoms with Crippen LogP contribution in [0.3, 0.4) is 0 Å². The van der Waals surface area contributed by atoms with Crippen LogP contribution in [-0.4, -0.2) is 35.9 Å². The van der Waals surface area contributed by atoms with Gasteiger partial charge in [0, 0.05) is 38.6 Å². The lowest BCUT2D eigenvalue weighted by Gasteiger charge is -2.20. The molecule has 0 amide bonds. The predicted molar refractivity (Wildman–Crippen MR) is 99.4 cm³/mol. The summed E-state index contributed by atoms with van der Waals surface area (Å²) in [6, 6.07) is 12.5. The van der Waals surface area contributed by atoms with E-state index in [1.807, 2.05) is 23.0 Å². The number of aliphatic hydroxyl groups is 1. The zero-order chi connectivity index (χ0) is 17.9. The third-order valence-electron chi connectivity index (χ3n) is 4.90. The standard InChI is InChI=1S/C20H25N5O/c1-16(26)19-12-18-14-23(9-5-10-25(18)22-19)15-20-21-8-11-24(20)13-17-6-3-2-4-7-17/h2-4,6-8,11-12,16,26H,5,9-10,13-15H2,1H3/t16-/m1/s1. The van der Waals surface area contributed by atoms with Crippen molar-refractivity contribution in [2.24, 2.45) is 0 Å². The summed E-state index contributed by atoms with van der Waals surface area (Å²) in [5.41, 5.74) is 3.20. The topological polar surface area (TPSA) is 59.1 Å². The van der Waals surface area contributed by atoms with Crippen molar-refractivity contribution in [3.63, 3.8) is 0 Å². The number of aliphatic hydroxyl groups excluding tert-OH is 1. The van der Waals surface area contributed by atoms with Gasteiger partial charge in [0.2, 0.25) is 0 Å². The van der Waals surface area contributed by atoms with E-state index in [1.54, 1.807) is 6.92 Å². The van der Waals surface area contributed by atoms with Gasteiger partial charge in [0.05, 0.1) is 24.0 Å². The highest BCUT2D eigenvalue weighted by Crippen LogP contribution is 2.19. The molecule has 0 fully saturated rings. The molecule has 3 heterocycles. The van der Waals surface area contributed by atoms with Crippen LogP contribution < -0.4 is 0 Å². The maximum atomic E-state index is 9.79. The van der Waals surface area contributed by atoms with Crippen LogP contribution in [0.4, 0.5) is 0 Å². The number of hydrogen-bond donors (Lipinski definition) is 1. The summed E-state index contributed by atoms with van der Waals surface area (Å²) in [4.78, 5) is 7.00. The van der Waals surface area contributed by atoms with Gasteiger partial charge in [-0.3, -0.25) is 9.58 Å². The highest BCUT2D eigenvalue weighted by Gasteiger charge is 2.19. The molecule has 0 radical (unpaired) electrons. The van der Waals surface area contributed by atoms with E-state index in [0.29, 0.717) is 0 Å². The van der Waals surface area contributed by atoms with Gasteiger partial charge in [0.15, 0.2) is 0 Å². The minimum atomic E-state index is -0.521. The Kier molecular flexibility index (Phi) is 4.86. The Balaban J connectivity index is 1.48. The van der Waals surface area contributed by atoms with E-state index >= 15 is 0 Å². The zero-order valence-corrected chi connectivity index (χ0v) is 15.1. The van der Waals surface area contributed by atoms with Crippen molar-refractivity contribution < 1.29 is 5.11 Å². The Morgan fingerprint density at radius 2 is 2.00 bits per heavy atom. The fourth-order valence-corrected chi connectivity index (χ4v) is 3.51. The largest absolute Gasteiger partial charge is 0.387 e. The second-order valence-electron chi connectivity index (χ2n) is 6.98. The number of nitrogens with zero attached hydrogens (tertiary/aromatic N) is 5. The molecule has 1 aliphatic rings. The van der Waals surface area contributed by atoms with Crippen molar-refractivity contribution in [3.8, 4) is 0 Å². The molecule has 4 rings (SSSR count). The second kappa shape index (κ2) is 7.43. The van der Waals surface area contributed by atoms with Crippen LogP contribution in [0.2, 0.25) is 0 Å². The first-order valence-corrected chi connectivity index (χ1v) is 9.20.